The molecule has 3 aliphatic rings. The van der Waals surface area contributed by atoms with Crippen molar-refractivity contribution in [1.82, 2.24) is 0 Å². The van der Waals surface area contributed by atoms with E-state index in [-0.39, 0.29) is 18.7 Å². The smallest absolute Gasteiger partial charge is 0.313 e. The van der Waals surface area contributed by atoms with Crippen LogP contribution >= 0.6 is 0 Å². The van der Waals surface area contributed by atoms with E-state index in [1.165, 1.54) is 0 Å². The van der Waals surface area contributed by atoms with Crippen LogP contribution in [0, 0.1) is 11.8 Å². The number of ether oxygens (including phenoxy) is 7. The first-order valence-corrected chi connectivity index (χ1v) is 10.0. The predicted octanol–water partition coefficient (Wildman–Crippen LogP) is 2.68. The van der Waals surface area contributed by atoms with Crippen LogP contribution in [-0.4, -0.2) is 47.8 Å². The molecular weight excluding hydrogens is 404 g/mol. The van der Waals surface area contributed by atoms with Gasteiger partial charge in [-0.3, -0.25) is 4.79 Å². The Bertz CT molecular complexity index is 1020. The average Bonchev–Trinajstić information content (AvgIpc) is 3.41. The molecule has 0 unspecified atom stereocenters. The normalized spacial score (nSPS) is 25.5. The second-order valence-electron chi connectivity index (χ2n) is 7.79. The highest BCUT2D eigenvalue weighted by Gasteiger charge is 2.58. The number of methoxy groups -OCH3 is 4. The molecule has 0 spiro atoms. The quantitative estimate of drug-likeness (QED) is 0.673. The van der Waals surface area contributed by atoms with Crippen LogP contribution in [-0.2, 0) is 26.3 Å². The van der Waals surface area contributed by atoms with Crippen LogP contribution in [0.15, 0.2) is 24.3 Å². The molecule has 0 bridgehead atoms. The van der Waals surface area contributed by atoms with Crippen LogP contribution < -0.4 is 23.7 Å². The molecule has 2 aromatic carbocycles. The number of hydrogen-bond donors (Lipinski definition) is 0. The Balaban J connectivity index is 1.81. The van der Waals surface area contributed by atoms with E-state index in [2.05, 4.69) is 0 Å². The molecule has 0 saturated carbocycles. The third-order valence-corrected chi connectivity index (χ3v) is 6.50. The number of rotatable bonds is 5. The van der Waals surface area contributed by atoms with Gasteiger partial charge in [-0.2, -0.15) is 0 Å². The SMILES string of the molecule is COc1cc([C@]2(OC)c3cc4c(cc3C[C@H]3COC(=O)[C@@H]32)OCO4)cc(OC)c1OC. The fourth-order valence-electron chi connectivity index (χ4n) is 5.18. The van der Waals surface area contributed by atoms with Crippen molar-refractivity contribution in [2.24, 2.45) is 11.8 Å². The van der Waals surface area contributed by atoms with Crippen molar-refractivity contribution >= 4 is 5.97 Å². The van der Waals surface area contributed by atoms with Crippen molar-refractivity contribution < 1.29 is 38.0 Å². The van der Waals surface area contributed by atoms with Gasteiger partial charge in [0.25, 0.3) is 0 Å². The molecule has 2 aromatic rings. The van der Waals surface area contributed by atoms with Crippen molar-refractivity contribution in [3.8, 4) is 28.7 Å². The standard InChI is InChI=1S/C23H24O8/c1-25-18-7-14(8-19(26-2)21(18)27-3)23(28-4)15-9-17-16(30-11-31-17)6-12(15)5-13-10-29-22(24)20(13)23/h6-9,13,20H,5,10-11H2,1-4H3/t13-,20+,23-/m0/s1. The van der Waals surface area contributed by atoms with Gasteiger partial charge in [0.1, 0.15) is 11.5 Å². The number of esters is 1. The summed E-state index contributed by atoms with van der Waals surface area (Å²) < 4.78 is 39.6. The highest BCUT2D eigenvalue weighted by molar-refractivity contribution is 5.79. The van der Waals surface area contributed by atoms with Crippen LogP contribution in [0.3, 0.4) is 0 Å². The molecule has 2 aliphatic heterocycles. The Morgan fingerprint density at radius 1 is 0.903 bits per heavy atom. The lowest BCUT2D eigenvalue weighted by Crippen LogP contribution is -2.48. The van der Waals surface area contributed by atoms with Crippen molar-refractivity contribution in [2.45, 2.75) is 12.0 Å². The van der Waals surface area contributed by atoms with Crippen molar-refractivity contribution in [3.05, 3.63) is 41.0 Å². The Morgan fingerprint density at radius 2 is 1.58 bits per heavy atom. The van der Waals surface area contributed by atoms with Crippen LogP contribution in [0.2, 0.25) is 0 Å². The minimum absolute atomic E-state index is 0.0422. The molecule has 5 rings (SSSR count). The van der Waals surface area contributed by atoms with Gasteiger partial charge >= 0.3 is 5.97 Å². The molecule has 0 amide bonds. The van der Waals surface area contributed by atoms with Crippen LogP contribution in [0.1, 0.15) is 16.7 Å². The van der Waals surface area contributed by atoms with Gasteiger partial charge in [0.2, 0.25) is 12.5 Å². The molecule has 8 nitrogen and oxygen atoms in total. The van der Waals surface area contributed by atoms with Gasteiger partial charge in [-0.25, -0.2) is 0 Å². The summed E-state index contributed by atoms with van der Waals surface area (Å²) in [5, 5.41) is 0. The third-order valence-electron chi connectivity index (χ3n) is 6.50. The number of carbonyl (C=O) groups excluding carboxylic acids is 1. The zero-order valence-electron chi connectivity index (χ0n) is 17.9. The van der Waals surface area contributed by atoms with E-state index in [1.807, 2.05) is 24.3 Å². The van der Waals surface area contributed by atoms with Crippen molar-refractivity contribution in [3.63, 3.8) is 0 Å². The summed E-state index contributed by atoms with van der Waals surface area (Å²) in [5.74, 6) is 1.87. The molecule has 0 N–H and O–H groups in total. The number of cyclic esters (lactones) is 1. The molecule has 31 heavy (non-hydrogen) atoms. The van der Waals surface area contributed by atoms with Crippen molar-refractivity contribution in [1.29, 1.82) is 0 Å². The molecule has 0 aromatic heterocycles. The lowest BCUT2D eigenvalue weighted by molar-refractivity contribution is -0.150. The Labute approximate surface area is 179 Å². The number of fused-ring (bicyclic) bond motifs is 3. The van der Waals surface area contributed by atoms with Gasteiger partial charge in [0.05, 0.1) is 27.9 Å². The number of hydrogen-bond acceptors (Lipinski definition) is 8. The largest absolute Gasteiger partial charge is 0.493 e. The van der Waals surface area contributed by atoms with E-state index < -0.39 is 11.5 Å². The zero-order valence-corrected chi connectivity index (χ0v) is 17.9. The summed E-state index contributed by atoms with van der Waals surface area (Å²) in [6, 6.07) is 7.54. The van der Waals surface area contributed by atoms with Crippen LogP contribution in [0.5, 0.6) is 28.7 Å². The summed E-state index contributed by atoms with van der Waals surface area (Å²) in [7, 11) is 6.26. The average molecular weight is 428 g/mol. The monoisotopic (exact) mass is 428 g/mol. The van der Waals surface area contributed by atoms with E-state index in [0.717, 1.165) is 11.1 Å². The highest BCUT2D eigenvalue weighted by atomic mass is 16.7. The summed E-state index contributed by atoms with van der Waals surface area (Å²) in [4.78, 5) is 13.0. The fraction of sp³-hybridized carbons (Fsp3) is 0.435. The van der Waals surface area contributed by atoms with Crippen LogP contribution in [0.25, 0.3) is 0 Å². The first kappa shape index (κ1) is 19.8. The third kappa shape index (κ3) is 2.67. The summed E-state index contributed by atoms with van der Waals surface area (Å²) >= 11 is 0. The molecule has 1 fully saturated rings. The first-order chi connectivity index (χ1) is 15.1. The summed E-state index contributed by atoms with van der Waals surface area (Å²) in [5.41, 5.74) is 1.45. The second-order valence-corrected chi connectivity index (χ2v) is 7.79. The Morgan fingerprint density at radius 3 is 2.19 bits per heavy atom. The minimum atomic E-state index is -1.13. The van der Waals surface area contributed by atoms with Gasteiger partial charge in [0.15, 0.2) is 23.0 Å². The van der Waals surface area contributed by atoms with Crippen molar-refractivity contribution in [2.75, 3.05) is 41.8 Å². The lowest BCUT2D eigenvalue weighted by atomic mass is 9.64. The molecule has 3 atom stereocenters. The minimum Gasteiger partial charge on any atom is -0.493 e. The maximum Gasteiger partial charge on any atom is 0.313 e. The summed E-state index contributed by atoms with van der Waals surface area (Å²) in [6.07, 6.45) is 0.678. The topological polar surface area (TPSA) is 81.7 Å². The van der Waals surface area contributed by atoms with E-state index in [1.54, 1.807) is 28.4 Å². The fourth-order valence-corrected chi connectivity index (χ4v) is 5.18. The highest BCUT2D eigenvalue weighted by Crippen LogP contribution is 2.56. The van der Waals surface area contributed by atoms with Gasteiger partial charge in [-0.1, -0.05) is 0 Å². The molecule has 1 saturated heterocycles. The van der Waals surface area contributed by atoms with Gasteiger partial charge in [-0.05, 0) is 47.4 Å². The predicted molar refractivity (Wildman–Crippen MR) is 108 cm³/mol. The van der Waals surface area contributed by atoms with E-state index in [0.29, 0.717) is 47.3 Å². The van der Waals surface area contributed by atoms with Gasteiger partial charge in [-0.15, -0.1) is 0 Å². The maximum absolute atomic E-state index is 13.0. The number of carbonyl (C=O) groups is 1. The number of benzene rings is 2. The van der Waals surface area contributed by atoms with Crippen LogP contribution in [0.4, 0.5) is 0 Å². The molecule has 1 aliphatic carbocycles. The molecule has 0 radical (unpaired) electrons. The molecule has 8 heteroatoms. The molecular formula is C23H24O8. The molecule has 164 valence electrons. The first-order valence-electron chi connectivity index (χ1n) is 10.0. The summed E-state index contributed by atoms with van der Waals surface area (Å²) in [6.45, 7) is 0.504. The van der Waals surface area contributed by atoms with E-state index in [4.69, 9.17) is 33.2 Å². The zero-order chi connectivity index (χ0) is 21.8. The van der Waals surface area contributed by atoms with Gasteiger partial charge < -0.3 is 33.2 Å². The Hall–Kier alpha value is -3.13. The van der Waals surface area contributed by atoms with E-state index >= 15 is 0 Å². The van der Waals surface area contributed by atoms with Gasteiger partial charge in [0, 0.05) is 13.0 Å². The Kier molecular flexibility index (Phi) is 4.62. The maximum atomic E-state index is 13.0. The second kappa shape index (κ2) is 7.23. The lowest BCUT2D eigenvalue weighted by Gasteiger charge is -2.44. The molecule has 2 heterocycles. The van der Waals surface area contributed by atoms with E-state index in [9.17, 15) is 4.79 Å².